The summed E-state index contributed by atoms with van der Waals surface area (Å²) in [7, 11) is 0. The summed E-state index contributed by atoms with van der Waals surface area (Å²) in [4.78, 5) is 10.9. The van der Waals surface area contributed by atoms with Crippen molar-refractivity contribution in [3.63, 3.8) is 0 Å². The highest BCUT2D eigenvalue weighted by Crippen LogP contribution is 2.32. The fourth-order valence-corrected chi connectivity index (χ4v) is 1.10. The van der Waals surface area contributed by atoms with Gasteiger partial charge in [0.05, 0.1) is 12.2 Å². The van der Waals surface area contributed by atoms with Gasteiger partial charge in [0.2, 0.25) is 0 Å². The number of carbonyl (C=O) groups is 1. The van der Waals surface area contributed by atoms with Crippen molar-refractivity contribution in [3.05, 3.63) is 35.1 Å². The molecule has 0 unspecified atom stereocenters. The van der Waals surface area contributed by atoms with Gasteiger partial charge in [-0.25, -0.2) is 18.0 Å². The lowest BCUT2D eigenvalue weighted by Crippen LogP contribution is -2.29. The Bertz CT molecular complexity index is 445. The van der Waals surface area contributed by atoms with Crippen molar-refractivity contribution in [2.75, 3.05) is 6.61 Å². The van der Waals surface area contributed by atoms with Crippen LogP contribution < -0.4 is 0 Å². The minimum absolute atomic E-state index is 0.296. The van der Waals surface area contributed by atoms with Crippen LogP contribution in [0.15, 0.2) is 12.1 Å². The third kappa shape index (κ3) is 2.37. The van der Waals surface area contributed by atoms with Crippen LogP contribution in [-0.4, -0.2) is 12.6 Å². The maximum atomic E-state index is 13.3. The smallest absolute Gasteiger partial charge is 0.382 e. The van der Waals surface area contributed by atoms with Crippen molar-refractivity contribution in [1.29, 1.82) is 0 Å². The van der Waals surface area contributed by atoms with E-state index >= 15 is 0 Å². The molecule has 0 radical (unpaired) electrons. The Morgan fingerprint density at radius 1 is 1.24 bits per heavy atom. The van der Waals surface area contributed by atoms with Crippen molar-refractivity contribution in [3.8, 4) is 0 Å². The second-order valence-corrected chi connectivity index (χ2v) is 3.02. The zero-order valence-corrected chi connectivity index (χ0v) is 8.57. The number of hydrogen-bond donors (Lipinski definition) is 0. The molecule has 7 heteroatoms. The van der Waals surface area contributed by atoms with Crippen LogP contribution in [-0.2, 0) is 15.5 Å². The van der Waals surface area contributed by atoms with Crippen LogP contribution in [0.2, 0.25) is 0 Å². The predicted octanol–water partition coefficient (Wildman–Crippen LogP) is 2.76. The summed E-state index contributed by atoms with van der Waals surface area (Å²) in [5.41, 5.74) is -1.56. The van der Waals surface area contributed by atoms with Crippen molar-refractivity contribution in [2.24, 2.45) is 0 Å². The number of hydrogen-bond acceptors (Lipinski definition) is 2. The van der Waals surface area contributed by atoms with E-state index in [1.54, 1.807) is 0 Å². The van der Waals surface area contributed by atoms with Crippen LogP contribution in [0.25, 0.3) is 0 Å². The number of benzene rings is 1. The monoisotopic (exact) mass is 254 g/mol. The van der Waals surface area contributed by atoms with E-state index in [0.29, 0.717) is 12.1 Å². The molecule has 2 nitrogen and oxygen atoms in total. The SMILES string of the molecule is CCOC(=O)C(F)(F)c1ccc(F)c(F)c1F. The molecule has 0 aromatic heterocycles. The quantitative estimate of drug-likeness (QED) is 0.471. The van der Waals surface area contributed by atoms with Gasteiger partial charge < -0.3 is 4.74 Å². The molecular formula is C10H7F5O2. The van der Waals surface area contributed by atoms with E-state index in [9.17, 15) is 26.7 Å². The largest absolute Gasteiger partial charge is 0.461 e. The van der Waals surface area contributed by atoms with Gasteiger partial charge in [-0.15, -0.1) is 0 Å². The molecule has 17 heavy (non-hydrogen) atoms. The van der Waals surface area contributed by atoms with Gasteiger partial charge in [0.1, 0.15) is 0 Å². The van der Waals surface area contributed by atoms with Crippen molar-refractivity contribution in [2.45, 2.75) is 12.8 Å². The molecule has 94 valence electrons. The van der Waals surface area contributed by atoms with Gasteiger partial charge in [0.25, 0.3) is 0 Å². The minimum Gasteiger partial charge on any atom is -0.461 e. The van der Waals surface area contributed by atoms with E-state index in [-0.39, 0.29) is 6.61 Å². The fraction of sp³-hybridized carbons (Fsp3) is 0.300. The Morgan fingerprint density at radius 2 is 1.82 bits per heavy atom. The minimum atomic E-state index is -4.37. The molecule has 1 aromatic carbocycles. The fourth-order valence-electron chi connectivity index (χ4n) is 1.10. The number of halogens is 5. The topological polar surface area (TPSA) is 26.3 Å². The lowest BCUT2D eigenvalue weighted by molar-refractivity contribution is -0.173. The zero-order chi connectivity index (χ0) is 13.2. The average Bonchev–Trinajstić information content (AvgIpc) is 2.26. The van der Waals surface area contributed by atoms with Gasteiger partial charge >= 0.3 is 11.9 Å². The molecule has 1 rings (SSSR count). The molecule has 0 saturated heterocycles. The molecule has 0 spiro atoms. The summed E-state index contributed by atoms with van der Waals surface area (Å²) in [5.74, 6) is -12.2. The lowest BCUT2D eigenvalue weighted by Gasteiger charge is -2.15. The second kappa shape index (κ2) is 4.68. The van der Waals surface area contributed by atoms with Gasteiger partial charge in [-0.3, -0.25) is 0 Å². The van der Waals surface area contributed by atoms with Crippen LogP contribution in [0.1, 0.15) is 12.5 Å². The molecule has 1 aromatic rings. The summed E-state index contributed by atoms with van der Waals surface area (Å²) in [5, 5.41) is 0. The molecule has 0 amide bonds. The highest BCUT2D eigenvalue weighted by atomic mass is 19.3. The second-order valence-electron chi connectivity index (χ2n) is 3.02. The third-order valence-electron chi connectivity index (χ3n) is 1.91. The van der Waals surface area contributed by atoms with Crippen LogP contribution >= 0.6 is 0 Å². The van der Waals surface area contributed by atoms with E-state index in [1.165, 1.54) is 6.92 Å². The Hall–Kier alpha value is -1.66. The van der Waals surface area contributed by atoms with E-state index < -0.39 is 34.9 Å². The van der Waals surface area contributed by atoms with Crippen LogP contribution in [0.5, 0.6) is 0 Å². The average molecular weight is 254 g/mol. The van der Waals surface area contributed by atoms with Gasteiger partial charge in [-0.1, -0.05) is 0 Å². The Labute approximate surface area is 93.0 Å². The van der Waals surface area contributed by atoms with E-state index in [4.69, 9.17) is 0 Å². The van der Waals surface area contributed by atoms with E-state index in [0.717, 1.165) is 0 Å². The van der Waals surface area contributed by atoms with Crippen LogP contribution in [0.4, 0.5) is 22.0 Å². The lowest BCUT2D eigenvalue weighted by atomic mass is 10.1. The number of esters is 1. The van der Waals surface area contributed by atoms with Gasteiger partial charge in [-0.2, -0.15) is 8.78 Å². The summed E-state index contributed by atoms with van der Waals surface area (Å²) in [6.45, 7) is 0.926. The zero-order valence-electron chi connectivity index (χ0n) is 8.57. The first-order chi connectivity index (χ1) is 7.82. The van der Waals surface area contributed by atoms with Crippen LogP contribution in [0, 0.1) is 17.5 Å². The summed E-state index contributed by atoms with van der Waals surface area (Å²) in [6.07, 6.45) is 0. The molecule has 0 atom stereocenters. The van der Waals surface area contributed by atoms with Gasteiger partial charge in [0, 0.05) is 0 Å². The number of ether oxygens (including phenoxy) is 1. The molecular weight excluding hydrogens is 247 g/mol. The summed E-state index contributed by atoms with van der Waals surface area (Å²) >= 11 is 0. The summed E-state index contributed by atoms with van der Waals surface area (Å²) < 4.78 is 68.9. The maximum absolute atomic E-state index is 13.3. The molecule has 0 fully saturated rings. The normalized spacial score (nSPS) is 11.4. The first kappa shape index (κ1) is 13.4. The van der Waals surface area contributed by atoms with Gasteiger partial charge in [-0.05, 0) is 19.1 Å². The molecule has 0 aliphatic rings. The number of carbonyl (C=O) groups excluding carboxylic acids is 1. The van der Waals surface area contributed by atoms with Crippen molar-refractivity contribution >= 4 is 5.97 Å². The maximum Gasteiger partial charge on any atom is 0.382 e. The molecule has 0 N–H and O–H groups in total. The van der Waals surface area contributed by atoms with Crippen molar-refractivity contribution < 1.29 is 31.5 Å². The standard InChI is InChI=1S/C10H7F5O2/c1-2-17-9(16)10(14,15)5-3-4-6(11)8(13)7(5)12/h3-4H,2H2,1H3. The van der Waals surface area contributed by atoms with E-state index in [2.05, 4.69) is 4.74 Å². The highest BCUT2D eigenvalue weighted by Gasteiger charge is 2.45. The Balaban J connectivity index is 3.24. The van der Waals surface area contributed by atoms with Crippen LogP contribution in [0.3, 0.4) is 0 Å². The summed E-state index contributed by atoms with van der Waals surface area (Å²) in [6, 6.07) is 0.603. The Morgan fingerprint density at radius 3 is 2.35 bits per heavy atom. The molecule has 0 aliphatic heterocycles. The number of alkyl halides is 2. The third-order valence-corrected chi connectivity index (χ3v) is 1.91. The van der Waals surface area contributed by atoms with Crippen molar-refractivity contribution in [1.82, 2.24) is 0 Å². The van der Waals surface area contributed by atoms with Gasteiger partial charge in [0.15, 0.2) is 17.5 Å². The molecule has 0 saturated carbocycles. The molecule has 0 bridgehead atoms. The Kier molecular flexibility index (Phi) is 3.69. The predicted molar refractivity (Wildman–Crippen MR) is 46.8 cm³/mol. The molecule has 0 heterocycles. The first-order valence-corrected chi connectivity index (χ1v) is 4.51. The van der Waals surface area contributed by atoms with E-state index in [1.807, 2.05) is 0 Å². The molecule has 0 aliphatic carbocycles. The number of rotatable bonds is 3. The highest BCUT2D eigenvalue weighted by molar-refractivity contribution is 5.79. The first-order valence-electron chi connectivity index (χ1n) is 4.51.